The summed E-state index contributed by atoms with van der Waals surface area (Å²) in [7, 11) is 0. The van der Waals surface area contributed by atoms with Gasteiger partial charge in [-0.25, -0.2) is 0 Å². The van der Waals surface area contributed by atoms with E-state index in [0.717, 1.165) is 38.5 Å². The van der Waals surface area contributed by atoms with Crippen LogP contribution in [0.15, 0.2) is 11.6 Å². The number of hydrogen-bond acceptors (Lipinski definition) is 13. The lowest BCUT2D eigenvalue weighted by molar-refractivity contribution is -0.308. The molecule has 18 atom stereocenters. The van der Waals surface area contributed by atoms with E-state index in [4.69, 9.17) is 18.9 Å². The molecule has 0 aromatic rings. The minimum absolute atomic E-state index is 0.00817. The molecule has 2 heterocycles. The van der Waals surface area contributed by atoms with Crippen LogP contribution in [-0.2, 0) is 23.7 Å². The van der Waals surface area contributed by atoms with E-state index in [1.807, 2.05) is 0 Å². The predicted octanol–water partition coefficient (Wildman–Crippen LogP) is 1.93. The van der Waals surface area contributed by atoms with E-state index in [1.165, 1.54) is 5.57 Å². The number of hydrogen-bond donors (Lipinski definition) is 8. The van der Waals surface area contributed by atoms with E-state index in [-0.39, 0.29) is 46.9 Å². The zero-order valence-electron chi connectivity index (χ0n) is 32.9. The van der Waals surface area contributed by atoms with Crippen molar-refractivity contribution >= 4 is 5.97 Å². The highest BCUT2D eigenvalue weighted by Crippen LogP contribution is 2.76. The van der Waals surface area contributed by atoms with Crippen LogP contribution in [0, 0.1) is 50.2 Å². The minimum atomic E-state index is -1.68. The number of ether oxygens (including phenoxy) is 4. The lowest BCUT2D eigenvalue weighted by Crippen LogP contribution is -2.66. The Labute approximate surface area is 319 Å². The van der Waals surface area contributed by atoms with Gasteiger partial charge in [0.15, 0.2) is 6.29 Å². The van der Waals surface area contributed by atoms with Gasteiger partial charge in [0, 0.05) is 6.61 Å². The summed E-state index contributed by atoms with van der Waals surface area (Å²) in [5.74, 6) is -0.0936. The molecule has 6 fully saturated rings. The van der Waals surface area contributed by atoms with Crippen molar-refractivity contribution in [2.75, 3.05) is 19.8 Å². The van der Waals surface area contributed by atoms with Crippen LogP contribution in [0.5, 0.6) is 0 Å². The Hall–Kier alpha value is -1.23. The number of aliphatic hydroxyl groups excluding tert-OH is 8. The van der Waals surface area contributed by atoms with Gasteiger partial charge in [0.05, 0.1) is 24.7 Å². The van der Waals surface area contributed by atoms with Gasteiger partial charge in [0.1, 0.15) is 42.7 Å². The number of fused-ring (bicyclic) bond motifs is 7. The summed E-state index contributed by atoms with van der Waals surface area (Å²) in [4.78, 5) is 14.6. The van der Waals surface area contributed by atoms with Crippen LogP contribution in [0.1, 0.15) is 106 Å². The van der Waals surface area contributed by atoms with Crippen LogP contribution in [0.25, 0.3) is 0 Å². The second kappa shape index (κ2) is 14.0. The third-order valence-electron chi connectivity index (χ3n) is 17.1. The Balaban J connectivity index is 1.17. The standard InChI is InChI=1S/C41H66O13/c1-36(2)25-9-12-40(6)26(38(25,4)11-10-27(36)53-33-31(48)28(45)23(44)19-51-33)8-7-21-22-17-37(3,20-43)13-15-41(22,16-14-39(21,40)5)35(50)54-34-32(49)30(47)29(46)24(18-42)52-34/h7,22-34,42-49H,8-20H2,1-6H3/t22-,23-,24+,25-,26+,27-,28-,29+,30-,31+,32+,33-,34-,37+,38-,39+,40+,41-/m0/s1. The summed E-state index contributed by atoms with van der Waals surface area (Å²) in [6.07, 6.45) is -2.82. The van der Waals surface area contributed by atoms with Crippen molar-refractivity contribution in [3.05, 3.63) is 11.6 Å². The SMILES string of the molecule is CC1(C)[C@@H](O[C@@H]2OC[C@H](O)[C@H](O)[C@H]2O)CC[C@]2(C)[C@H]3CC=C4[C@@H]5C[C@](C)(CO)CC[C@]5(C(=O)O[C@@H]5O[C@H](CO)[C@@H](O)[C@H](O)[C@H]5O)CC[C@@]4(C)[C@]3(C)CC[C@@H]12. The highest BCUT2D eigenvalue weighted by atomic mass is 16.7. The second-order valence-corrected chi connectivity index (χ2v) is 20.0. The van der Waals surface area contributed by atoms with Gasteiger partial charge < -0.3 is 59.8 Å². The molecule has 5 aliphatic carbocycles. The topological polar surface area (TPSA) is 216 Å². The Kier molecular flexibility index (Phi) is 10.6. The third-order valence-corrected chi connectivity index (χ3v) is 17.1. The van der Waals surface area contributed by atoms with E-state index in [0.29, 0.717) is 37.5 Å². The maximum atomic E-state index is 14.6. The van der Waals surface area contributed by atoms with E-state index in [9.17, 15) is 45.6 Å². The van der Waals surface area contributed by atoms with Crippen molar-refractivity contribution in [1.82, 2.24) is 0 Å². The molecule has 0 aromatic heterocycles. The molecule has 308 valence electrons. The molecule has 2 saturated heterocycles. The second-order valence-electron chi connectivity index (χ2n) is 20.0. The van der Waals surface area contributed by atoms with Crippen molar-refractivity contribution < 1.29 is 64.6 Å². The third kappa shape index (κ3) is 5.92. The molecule has 54 heavy (non-hydrogen) atoms. The number of aliphatic hydroxyl groups is 8. The van der Waals surface area contributed by atoms with Crippen molar-refractivity contribution in [3.63, 3.8) is 0 Å². The molecule has 4 saturated carbocycles. The molecule has 0 unspecified atom stereocenters. The van der Waals surface area contributed by atoms with Gasteiger partial charge in [-0.1, -0.05) is 53.2 Å². The van der Waals surface area contributed by atoms with Gasteiger partial charge in [-0.15, -0.1) is 0 Å². The summed E-state index contributed by atoms with van der Waals surface area (Å²) in [6.45, 7) is 13.1. The molecular formula is C41H66O13. The molecule has 8 N–H and O–H groups in total. The Morgan fingerprint density at radius 3 is 2.17 bits per heavy atom. The number of allylic oxidation sites excluding steroid dienone is 2. The zero-order valence-corrected chi connectivity index (χ0v) is 32.9. The molecule has 0 radical (unpaired) electrons. The van der Waals surface area contributed by atoms with Crippen molar-refractivity contribution in [3.8, 4) is 0 Å². The highest BCUT2D eigenvalue weighted by Gasteiger charge is 2.70. The lowest BCUT2D eigenvalue weighted by Gasteiger charge is -2.71. The van der Waals surface area contributed by atoms with Gasteiger partial charge >= 0.3 is 5.97 Å². The van der Waals surface area contributed by atoms with Crippen LogP contribution in [0.2, 0.25) is 0 Å². The first-order chi connectivity index (χ1) is 25.2. The molecule has 0 aromatic carbocycles. The van der Waals surface area contributed by atoms with Crippen molar-refractivity contribution in [1.29, 1.82) is 0 Å². The smallest absolute Gasteiger partial charge is 0.315 e. The van der Waals surface area contributed by atoms with E-state index >= 15 is 0 Å². The van der Waals surface area contributed by atoms with E-state index < -0.39 is 78.7 Å². The molecule has 13 nitrogen and oxygen atoms in total. The van der Waals surface area contributed by atoms with Gasteiger partial charge in [0.2, 0.25) is 6.29 Å². The summed E-state index contributed by atoms with van der Waals surface area (Å²) < 4.78 is 23.7. The fourth-order valence-corrected chi connectivity index (χ4v) is 13.3. The first kappa shape index (κ1) is 40.9. The number of esters is 1. The summed E-state index contributed by atoms with van der Waals surface area (Å²) >= 11 is 0. The largest absolute Gasteiger partial charge is 0.432 e. The molecule has 13 heteroatoms. The monoisotopic (exact) mass is 766 g/mol. The van der Waals surface area contributed by atoms with Gasteiger partial charge in [-0.05, 0) is 109 Å². The minimum Gasteiger partial charge on any atom is -0.432 e. The summed E-state index contributed by atoms with van der Waals surface area (Å²) in [6, 6.07) is 0. The van der Waals surface area contributed by atoms with Crippen LogP contribution < -0.4 is 0 Å². The fourth-order valence-electron chi connectivity index (χ4n) is 13.3. The Morgan fingerprint density at radius 1 is 0.796 bits per heavy atom. The summed E-state index contributed by atoms with van der Waals surface area (Å²) in [5, 5.41) is 82.9. The molecule has 7 aliphatic rings. The first-order valence-corrected chi connectivity index (χ1v) is 20.4. The number of carbonyl (C=O) groups is 1. The molecule has 7 rings (SSSR count). The van der Waals surface area contributed by atoms with E-state index in [1.54, 1.807) is 0 Å². The van der Waals surface area contributed by atoms with Gasteiger partial charge in [-0.3, -0.25) is 4.79 Å². The Bertz CT molecular complexity index is 1450. The van der Waals surface area contributed by atoms with Crippen molar-refractivity contribution in [2.45, 2.75) is 167 Å². The normalized spacial score (nSPS) is 54.3. The Morgan fingerprint density at radius 2 is 1.48 bits per heavy atom. The van der Waals surface area contributed by atoms with E-state index in [2.05, 4.69) is 47.6 Å². The maximum absolute atomic E-state index is 14.6. The fraction of sp³-hybridized carbons (Fsp3) is 0.927. The van der Waals surface area contributed by atoms with Crippen LogP contribution in [0.3, 0.4) is 0 Å². The molecule has 0 bridgehead atoms. The lowest BCUT2D eigenvalue weighted by atomic mass is 9.33. The van der Waals surface area contributed by atoms with Crippen LogP contribution >= 0.6 is 0 Å². The van der Waals surface area contributed by atoms with Gasteiger partial charge in [0.25, 0.3) is 0 Å². The zero-order chi connectivity index (χ0) is 39.4. The average molecular weight is 767 g/mol. The predicted molar refractivity (Wildman–Crippen MR) is 193 cm³/mol. The molecule has 0 spiro atoms. The molecule has 2 aliphatic heterocycles. The number of carbonyl (C=O) groups excluding carboxylic acids is 1. The summed E-state index contributed by atoms with van der Waals surface area (Å²) in [5.41, 5.74) is -0.739. The number of rotatable bonds is 6. The quantitative estimate of drug-likeness (QED) is 0.110. The highest BCUT2D eigenvalue weighted by molar-refractivity contribution is 5.79. The average Bonchev–Trinajstić information content (AvgIpc) is 3.13. The van der Waals surface area contributed by atoms with Gasteiger partial charge in [-0.2, -0.15) is 0 Å². The maximum Gasteiger partial charge on any atom is 0.315 e. The van der Waals surface area contributed by atoms with Crippen LogP contribution in [-0.4, -0.2) is 128 Å². The molecule has 0 amide bonds. The van der Waals surface area contributed by atoms with Crippen molar-refractivity contribution in [2.24, 2.45) is 50.2 Å². The first-order valence-electron chi connectivity index (χ1n) is 20.4. The van der Waals surface area contributed by atoms with Crippen LogP contribution in [0.4, 0.5) is 0 Å². The molecular weight excluding hydrogens is 700 g/mol.